The topological polar surface area (TPSA) is 75.9 Å². The summed E-state index contributed by atoms with van der Waals surface area (Å²) in [6.07, 6.45) is 0. The van der Waals surface area contributed by atoms with Crippen LogP contribution in [0.2, 0.25) is 5.02 Å². The minimum atomic E-state index is -0.434. The van der Waals surface area contributed by atoms with Crippen molar-refractivity contribution < 1.29 is 14.5 Å². The average Bonchev–Trinajstić information content (AvgIpc) is 2.68. The van der Waals surface area contributed by atoms with Gasteiger partial charge in [0.2, 0.25) is 0 Å². The third-order valence-corrected chi connectivity index (χ3v) is 5.18. The second-order valence-corrected chi connectivity index (χ2v) is 7.23. The van der Waals surface area contributed by atoms with E-state index >= 15 is 0 Å². The van der Waals surface area contributed by atoms with Crippen molar-refractivity contribution in [2.45, 2.75) is 13.8 Å². The van der Waals surface area contributed by atoms with Crippen LogP contribution in [0.4, 0.5) is 11.4 Å². The fourth-order valence-electron chi connectivity index (χ4n) is 3.15. The summed E-state index contributed by atoms with van der Waals surface area (Å²) in [5.41, 5.74) is 2.78. The summed E-state index contributed by atoms with van der Waals surface area (Å²) < 4.78 is 5.62. The molecule has 3 rings (SSSR count). The number of hydrogen-bond acceptors (Lipinski definition) is 5. The van der Waals surface area contributed by atoms with Gasteiger partial charge in [0, 0.05) is 37.3 Å². The average molecular weight is 404 g/mol. The molecule has 2 aromatic carbocycles. The Morgan fingerprint density at radius 2 is 1.82 bits per heavy atom. The zero-order valence-electron chi connectivity index (χ0n) is 15.9. The molecule has 1 fully saturated rings. The van der Waals surface area contributed by atoms with E-state index in [0.717, 1.165) is 5.56 Å². The van der Waals surface area contributed by atoms with Crippen LogP contribution in [0.15, 0.2) is 36.4 Å². The van der Waals surface area contributed by atoms with Gasteiger partial charge in [-0.15, -0.1) is 0 Å². The number of halogens is 1. The van der Waals surface area contributed by atoms with E-state index in [-0.39, 0.29) is 18.2 Å². The standard InChI is InChI=1S/C20H22ClN3O4/c1-14-3-5-17(11-15(14)2)28-13-20(25)23-9-7-22(8-10-23)18-6-4-16(21)12-19(18)24(26)27/h3-6,11-12H,7-10,13H2,1-2H3. The lowest BCUT2D eigenvalue weighted by Gasteiger charge is -2.35. The number of nitro groups is 1. The molecule has 1 heterocycles. The molecule has 8 heteroatoms. The second-order valence-electron chi connectivity index (χ2n) is 6.79. The quantitative estimate of drug-likeness (QED) is 0.563. The van der Waals surface area contributed by atoms with E-state index in [1.54, 1.807) is 17.0 Å². The molecule has 2 aromatic rings. The van der Waals surface area contributed by atoms with Gasteiger partial charge in [-0.05, 0) is 49.2 Å². The van der Waals surface area contributed by atoms with Gasteiger partial charge in [-0.3, -0.25) is 14.9 Å². The lowest BCUT2D eigenvalue weighted by Crippen LogP contribution is -2.50. The van der Waals surface area contributed by atoms with E-state index in [1.165, 1.54) is 11.6 Å². The van der Waals surface area contributed by atoms with E-state index in [2.05, 4.69) is 0 Å². The lowest BCUT2D eigenvalue weighted by molar-refractivity contribution is -0.384. The van der Waals surface area contributed by atoms with Crippen molar-refractivity contribution in [1.29, 1.82) is 0 Å². The first-order valence-corrected chi connectivity index (χ1v) is 9.39. The predicted octanol–water partition coefficient (Wildman–Crippen LogP) is 3.59. The highest BCUT2D eigenvalue weighted by molar-refractivity contribution is 6.30. The first-order valence-electron chi connectivity index (χ1n) is 9.02. The van der Waals surface area contributed by atoms with E-state index in [9.17, 15) is 14.9 Å². The molecule has 0 unspecified atom stereocenters. The highest BCUT2D eigenvalue weighted by Crippen LogP contribution is 2.31. The monoisotopic (exact) mass is 403 g/mol. The number of aryl methyl sites for hydroxylation is 2. The van der Waals surface area contributed by atoms with Crippen molar-refractivity contribution in [2.75, 3.05) is 37.7 Å². The number of piperazine rings is 1. The van der Waals surface area contributed by atoms with Crippen LogP contribution >= 0.6 is 11.6 Å². The Balaban J connectivity index is 1.57. The molecular weight excluding hydrogens is 382 g/mol. The Morgan fingerprint density at radius 1 is 1.11 bits per heavy atom. The number of anilines is 1. The molecule has 1 aliphatic heterocycles. The van der Waals surface area contributed by atoms with Crippen molar-refractivity contribution in [3.05, 3.63) is 62.7 Å². The zero-order valence-corrected chi connectivity index (χ0v) is 16.6. The normalized spacial score (nSPS) is 14.1. The van der Waals surface area contributed by atoms with Gasteiger partial charge in [0.1, 0.15) is 11.4 Å². The Labute approximate surface area is 168 Å². The van der Waals surface area contributed by atoms with Gasteiger partial charge in [-0.1, -0.05) is 17.7 Å². The number of carbonyl (C=O) groups excluding carboxylic acids is 1. The third kappa shape index (κ3) is 4.54. The van der Waals surface area contributed by atoms with Gasteiger partial charge in [-0.2, -0.15) is 0 Å². The van der Waals surface area contributed by atoms with Gasteiger partial charge in [0.15, 0.2) is 6.61 Å². The Kier molecular flexibility index (Phi) is 6.04. The summed E-state index contributed by atoms with van der Waals surface area (Å²) in [6, 6.07) is 10.4. The van der Waals surface area contributed by atoms with Crippen LogP contribution in [-0.2, 0) is 4.79 Å². The maximum Gasteiger partial charge on any atom is 0.294 e. The summed E-state index contributed by atoms with van der Waals surface area (Å²) in [7, 11) is 0. The largest absolute Gasteiger partial charge is 0.484 e. The number of nitro benzene ring substituents is 1. The summed E-state index contributed by atoms with van der Waals surface area (Å²) >= 11 is 5.88. The van der Waals surface area contributed by atoms with E-state index < -0.39 is 4.92 Å². The molecule has 148 valence electrons. The van der Waals surface area contributed by atoms with Crippen molar-refractivity contribution in [1.82, 2.24) is 4.90 Å². The molecule has 0 aromatic heterocycles. The number of rotatable bonds is 5. The molecule has 0 bridgehead atoms. The molecule has 1 amide bonds. The van der Waals surface area contributed by atoms with Crippen LogP contribution in [0, 0.1) is 24.0 Å². The smallest absolute Gasteiger partial charge is 0.294 e. The Hall–Kier alpha value is -2.80. The zero-order chi connectivity index (χ0) is 20.3. The first-order chi connectivity index (χ1) is 13.3. The van der Waals surface area contributed by atoms with Crippen LogP contribution in [0.3, 0.4) is 0 Å². The molecule has 7 nitrogen and oxygen atoms in total. The van der Waals surface area contributed by atoms with Crippen molar-refractivity contribution in [2.24, 2.45) is 0 Å². The number of hydrogen-bond donors (Lipinski definition) is 0. The van der Waals surface area contributed by atoms with Crippen LogP contribution in [-0.4, -0.2) is 48.5 Å². The predicted molar refractivity (Wildman–Crippen MR) is 108 cm³/mol. The number of carbonyl (C=O) groups is 1. The fourth-order valence-corrected chi connectivity index (χ4v) is 3.31. The van der Waals surface area contributed by atoms with Crippen LogP contribution in [0.5, 0.6) is 5.75 Å². The maximum absolute atomic E-state index is 12.4. The van der Waals surface area contributed by atoms with Gasteiger partial charge in [0.05, 0.1) is 4.92 Å². The molecule has 0 aliphatic carbocycles. The number of ether oxygens (including phenoxy) is 1. The Morgan fingerprint density at radius 3 is 2.46 bits per heavy atom. The molecule has 28 heavy (non-hydrogen) atoms. The van der Waals surface area contributed by atoms with Gasteiger partial charge in [0.25, 0.3) is 11.6 Å². The lowest BCUT2D eigenvalue weighted by atomic mass is 10.1. The van der Waals surface area contributed by atoms with E-state index in [0.29, 0.717) is 42.6 Å². The maximum atomic E-state index is 12.4. The second kappa shape index (κ2) is 8.48. The van der Waals surface area contributed by atoms with Gasteiger partial charge in [-0.25, -0.2) is 0 Å². The van der Waals surface area contributed by atoms with Crippen LogP contribution in [0.1, 0.15) is 11.1 Å². The van der Waals surface area contributed by atoms with Crippen molar-refractivity contribution >= 4 is 28.9 Å². The molecule has 0 radical (unpaired) electrons. The molecule has 0 spiro atoms. The SMILES string of the molecule is Cc1ccc(OCC(=O)N2CCN(c3ccc(Cl)cc3[N+](=O)[O-])CC2)cc1C. The van der Waals surface area contributed by atoms with Crippen LogP contribution < -0.4 is 9.64 Å². The highest BCUT2D eigenvalue weighted by Gasteiger charge is 2.26. The minimum absolute atomic E-state index is 0.0228. The number of nitrogens with zero attached hydrogens (tertiary/aromatic N) is 3. The molecule has 1 saturated heterocycles. The van der Waals surface area contributed by atoms with E-state index in [1.807, 2.05) is 36.9 Å². The van der Waals surface area contributed by atoms with Crippen molar-refractivity contribution in [3.8, 4) is 5.75 Å². The Bertz CT molecular complexity index is 895. The van der Waals surface area contributed by atoms with Crippen molar-refractivity contribution in [3.63, 3.8) is 0 Å². The molecule has 0 atom stereocenters. The molecular formula is C20H22ClN3O4. The van der Waals surface area contributed by atoms with Crippen LogP contribution in [0.25, 0.3) is 0 Å². The van der Waals surface area contributed by atoms with Gasteiger partial charge < -0.3 is 14.5 Å². The molecule has 1 aliphatic rings. The van der Waals surface area contributed by atoms with Gasteiger partial charge >= 0.3 is 0 Å². The summed E-state index contributed by atoms with van der Waals surface area (Å²) in [5, 5.41) is 11.6. The third-order valence-electron chi connectivity index (χ3n) is 4.95. The number of benzene rings is 2. The highest BCUT2D eigenvalue weighted by atomic mass is 35.5. The first kappa shape index (κ1) is 19.9. The molecule has 0 saturated carbocycles. The molecule has 0 N–H and O–H groups in total. The summed E-state index contributed by atoms with van der Waals surface area (Å²) in [5.74, 6) is 0.579. The van der Waals surface area contributed by atoms with E-state index in [4.69, 9.17) is 16.3 Å². The summed E-state index contributed by atoms with van der Waals surface area (Å²) in [4.78, 5) is 26.9. The fraction of sp³-hybridized carbons (Fsp3) is 0.350. The minimum Gasteiger partial charge on any atom is -0.484 e. The number of amides is 1. The summed E-state index contributed by atoms with van der Waals surface area (Å²) in [6.45, 7) is 5.98.